The molecule has 6 rings (SSSR count). The van der Waals surface area contributed by atoms with Crippen LogP contribution in [0.5, 0.6) is 0 Å². The molecule has 2 nitrogen and oxygen atoms in total. The number of rotatable bonds is 2. The van der Waals surface area contributed by atoms with Gasteiger partial charge in [0.05, 0.1) is 5.56 Å². The summed E-state index contributed by atoms with van der Waals surface area (Å²) in [5.41, 5.74) is 5.87. The van der Waals surface area contributed by atoms with Crippen molar-refractivity contribution in [3.63, 3.8) is 0 Å². The molecule has 4 aromatic carbocycles. The summed E-state index contributed by atoms with van der Waals surface area (Å²) in [6.45, 7) is -2.58. The van der Waals surface area contributed by atoms with Gasteiger partial charge >= 0.3 is 0 Å². The molecule has 160 valence electrons. The van der Waals surface area contributed by atoms with Gasteiger partial charge in [-0.2, -0.15) is 0 Å². The summed E-state index contributed by atoms with van der Waals surface area (Å²) in [6.07, 6.45) is 1.68. The third-order valence-corrected chi connectivity index (χ3v) is 6.53. The highest BCUT2D eigenvalue weighted by atomic mass is 16.3. The molecule has 0 radical (unpaired) electrons. The third-order valence-electron chi connectivity index (χ3n) is 6.53. The molecule has 2 aromatic heterocycles. The van der Waals surface area contributed by atoms with Crippen molar-refractivity contribution in [3.05, 3.63) is 102 Å². The lowest BCUT2D eigenvalue weighted by Gasteiger charge is -2.10. The Morgan fingerprint density at radius 1 is 0.758 bits per heavy atom. The van der Waals surface area contributed by atoms with Crippen molar-refractivity contribution in [2.75, 3.05) is 0 Å². The average Bonchev–Trinajstić information content (AvgIpc) is 3.28. The largest absolute Gasteiger partial charge is 0.456 e. The molecule has 0 aliphatic carbocycles. The van der Waals surface area contributed by atoms with Crippen LogP contribution in [0.25, 0.3) is 55.1 Å². The summed E-state index contributed by atoms with van der Waals surface area (Å²) in [4.78, 5) is 0. The minimum Gasteiger partial charge on any atom is -0.456 e. The molecule has 33 heavy (non-hydrogen) atoms. The van der Waals surface area contributed by atoms with Gasteiger partial charge in [-0.3, -0.25) is 0 Å². The van der Waals surface area contributed by atoms with Crippen LogP contribution in [0, 0.1) is 20.6 Å². The zero-order valence-electron chi connectivity index (χ0n) is 24.4. The van der Waals surface area contributed by atoms with E-state index in [1.165, 1.54) is 0 Å². The Morgan fingerprint density at radius 3 is 2.30 bits per heavy atom. The number of aromatic nitrogens is 1. The quantitative estimate of drug-likeness (QED) is 0.254. The number of benzene rings is 4. The number of hydrogen-bond acceptors (Lipinski definition) is 1. The minimum absolute atomic E-state index is 0.265. The maximum absolute atomic E-state index is 8.14. The second kappa shape index (κ2) is 7.31. The molecule has 0 spiro atoms. The monoisotopic (exact) mass is 434 g/mol. The van der Waals surface area contributed by atoms with E-state index >= 15 is 0 Å². The highest BCUT2D eigenvalue weighted by molar-refractivity contribution is 6.20. The van der Waals surface area contributed by atoms with Crippen molar-refractivity contribution in [1.29, 1.82) is 0 Å². The molecule has 2 heteroatoms. The molecule has 2 heterocycles. The molecule has 6 aromatic rings. The van der Waals surface area contributed by atoms with E-state index in [0.717, 1.165) is 38.5 Å². The van der Waals surface area contributed by atoms with Crippen LogP contribution in [-0.2, 0) is 7.05 Å². The molecule has 0 saturated carbocycles. The van der Waals surface area contributed by atoms with Crippen LogP contribution < -0.4 is 4.57 Å². The van der Waals surface area contributed by atoms with Crippen molar-refractivity contribution in [1.82, 2.24) is 0 Å². The standard InChI is InChI=1S/C31H26NO/c1-19-16-29-30(25-13-9-8-12-23(19)25)26-15-14-24(21(3)31(26)33-29)28-17-27(20(2)18-32(28)4)22-10-6-5-7-11-22/h5-18H,1-4H3/q+1/i1D3,2D3. The summed E-state index contributed by atoms with van der Waals surface area (Å²) in [5, 5.41) is 3.32. The van der Waals surface area contributed by atoms with E-state index in [1.54, 1.807) is 12.3 Å². The zero-order chi connectivity index (χ0) is 27.7. The SMILES string of the molecule is [2H]C([2H])([2H])c1c[n+](C)c(-c2ccc3c(oc4cc(C([2H])([2H])[2H])c5ccccc5c43)c2C)cc1-c1ccccc1. The second-order valence-corrected chi connectivity index (χ2v) is 8.52. The van der Waals surface area contributed by atoms with Crippen LogP contribution in [0.15, 0.2) is 89.5 Å². The maximum Gasteiger partial charge on any atom is 0.213 e. The van der Waals surface area contributed by atoms with Gasteiger partial charge in [0.1, 0.15) is 18.2 Å². The molecule has 0 atom stereocenters. The van der Waals surface area contributed by atoms with Crippen molar-refractivity contribution in [3.8, 4) is 22.4 Å². The number of nitrogens with zero attached hydrogens (tertiary/aromatic N) is 1. The molecule has 0 fully saturated rings. The van der Waals surface area contributed by atoms with Gasteiger partial charge < -0.3 is 4.42 Å². The highest BCUT2D eigenvalue weighted by Gasteiger charge is 2.21. The summed E-state index contributed by atoms with van der Waals surface area (Å²) in [6, 6.07) is 24.7. The minimum atomic E-state index is -2.28. The first kappa shape index (κ1) is 14.3. The Bertz CT molecular complexity index is 1900. The maximum atomic E-state index is 8.14. The van der Waals surface area contributed by atoms with E-state index in [9.17, 15) is 0 Å². The van der Waals surface area contributed by atoms with Crippen LogP contribution in [0.4, 0.5) is 0 Å². The van der Waals surface area contributed by atoms with E-state index < -0.39 is 13.7 Å². The molecule has 0 saturated heterocycles. The van der Waals surface area contributed by atoms with Gasteiger partial charge in [-0.05, 0) is 66.3 Å². The van der Waals surface area contributed by atoms with Gasteiger partial charge in [-0.15, -0.1) is 0 Å². The third kappa shape index (κ3) is 2.98. The van der Waals surface area contributed by atoms with Crippen LogP contribution >= 0.6 is 0 Å². The summed E-state index contributed by atoms with van der Waals surface area (Å²) in [7, 11) is 1.84. The van der Waals surface area contributed by atoms with Crippen molar-refractivity contribution >= 4 is 32.7 Å². The van der Waals surface area contributed by atoms with Gasteiger partial charge in [-0.25, -0.2) is 4.57 Å². The van der Waals surface area contributed by atoms with Crippen LogP contribution in [0.3, 0.4) is 0 Å². The summed E-state index contributed by atoms with van der Waals surface area (Å²) in [5.74, 6) is 0. The Hall–Kier alpha value is -3.91. The lowest BCUT2D eigenvalue weighted by atomic mass is 9.95. The van der Waals surface area contributed by atoms with E-state index in [-0.39, 0.29) is 11.1 Å². The fourth-order valence-corrected chi connectivity index (χ4v) is 4.89. The van der Waals surface area contributed by atoms with Crippen molar-refractivity contribution in [2.45, 2.75) is 20.6 Å². The zero-order valence-corrected chi connectivity index (χ0v) is 18.4. The summed E-state index contributed by atoms with van der Waals surface area (Å²) < 4.78 is 56.9. The molecule has 0 amide bonds. The first-order chi connectivity index (χ1) is 18.4. The Balaban J connectivity index is 1.64. The molecule has 0 aliphatic rings. The van der Waals surface area contributed by atoms with Gasteiger partial charge in [0, 0.05) is 36.2 Å². The normalized spacial score (nSPS) is 15.1. The number of hydrogen-bond donors (Lipinski definition) is 0. The molecular weight excluding hydrogens is 402 g/mol. The van der Waals surface area contributed by atoms with E-state index in [1.807, 2.05) is 91.3 Å². The molecule has 0 bridgehead atoms. The fourth-order valence-electron chi connectivity index (χ4n) is 4.89. The van der Waals surface area contributed by atoms with Gasteiger partial charge in [-0.1, -0.05) is 54.6 Å². The molecule has 0 unspecified atom stereocenters. The predicted octanol–water partition coefficient (Wildman–Crippen LogP) is 7.82. The first-order valence-electron chi connectivity index (χ1n) is 13.9. The van der Waals surface area contributed by atoms with Crippen molar-refractivity contribution in [2.24, 2.45) is 7.05 Å². The van der Waals surface area contributed by atoms with Gasteiger partial charge in [0.25, 0.3) is 0 Å². The van der Waals surface area contributed by atoms with Crippen LogP contribution in [-0.4, -0.2) is 0 Å². The van der Waals surface area contributed by atoms with Gasteiger partial charge in [0.2, 0.25) is 5.69 Å². The number of pyridine rings is 1. The van der Waals surface area contributed by atoms with E-state index in [4.69, 9.17) is 12.6 Å². The number of aryl methyl sites for hydroxylation is 4. The van der Waals surface area contributed by atoms with Crippen LogP contribution in [0.2, 0.25) is 0 Å². The Kier molecular flexibility index (Phi) is 3.17. The molecule has 0 aliphatic heterocycles. The lowest BCUT2D eigenvalue weighted by molar-refractivity contribution is -0.660. The lowest BCUT2D eigenvalue weighted by Crippen LogP contribution is -2.31. The predicted molar refractivity (Wildman–Crippen MR) is 137 cm³/mol. The molecular formula is C31H26NO+. The Morgan fingerprint density at radius 2 is 1.52 bits per heavy atom. The average molecular weight is 435 g/mol. The number of furan rings is 1. The Labute approximate surface area is 202 Å². The topological polar surface area (TPSA) is 17.0 Å². The van der Waals surface area contributed by atoms with Gasteiger partial charge in [0.15, 0.2) is 6.20 Å². The second-order valence-electron chi connectivity index (χ2n) is 8.52. The smallest absolute Gasteiger partial charge is 0.213 e. The highest BCUT2D eigenvalue weighted by Crippen LogP contribution is 2.40. The van der Waals surface area contributed by atoms with E-state index in [0.29, 0.717) is 22.1 Å². The van der Waals surface area contributed by atoms with Crippen molar-refractivity contribution < 1.29 is 17.2 Å². The van der Waals surface area contributed by atoms with Crippen LogP contribution in [0.1, 0.15) is 24.9 Å². The van der Waals surface area contributed by atoms with E-state index in [2.05, 4.69) is 0 Å². The summed E-state index contributed by atoms with van der Waals surface area (Å²) >= 11 is 0. The fraction of sp³-hybridized carbons (Fsp3) is 0.129. The molecule has 0 N–H and O–H groups in total. The first-order valence-corrected chi connectivity index (χ1v) is 10.9. The number of fused-ring (bicyclic) bond motifs is 5.